The van der Waals surface area contributed by atoms with E-state index in [1.807, 2.05) is 77.4 Å². The molecule has 134 valence electrons. The van der Waals surface area contributed by atoms with E-state index in [1.165, 1.54) is 0 Å². The molecule has 0 saturated carbocycles. The quantitative estimate of drug-likeness (QED) is 0.575. The van der Waals surface area contributed by atoms with Gasteiger partial charge in [0.25, 0.3) is 5.91 Å². The summed E-state index contributed by atoms with van der Waals surface area (Å²) < 4.78 is 7.14. The summed E-state index contributed by atoms with van der Waals surface area (Å²) in [5.74, 6) is -0.147. The van der Waals surface area contributed by atoms with Crippen molar-refractivity contribution in [1.82, 2.24) is 9.55 Å². The molecule has 4 rings (SSSR count). The Morgan fingerprint density at radius 2 is 1.85 bits per heavy atom. The molecule has 4 aromatic rings. The van der Waals surface area contributed by atoms with Crippen LogP contribution in [0.3, 0.4) is 0 Å². The van der Waals surface area contributed by atoms with Crippen molar-refractivity contribution in [3.05, 3.63) is 90.3 Å². The minimum absolute atomic E-state index is 0.147. The zero-order valence-corrected chi connectivity index (χ0v) is 14.9. The van der Waals surface area contributed by atoms with Crippen LogP contribution in [0.1, 0.15) is 15.9 Å². The van der Waals surface area contributed by atoms with Gasteiger partial charge in [0.05, 0.1) is 17.6 Å². The first-order chi connectivity index (χ1) is 13.2. The van der Waals surface area contributed by atoms with E-state index in [4.69, 9.17) is 4.74 Å². The summed E-state index contributed by atoms with van der Waals surface area (Å²) in [4.78, 5) is 16.9. The summed E-state index contributed by atoms with van der Waals surface area (Å²) in [5, 5.41) is 2.93. The van der Waals surface area contributed by atoms with Gasteiger partial charge in [-0.05, 0) is 54.1 Å². The van der Waals surface area contributed by atoms with Crippen molar-refractivity contribution < 1.29 is 9.53 Å². The molecule has 0 spiro atoms. The van der Waals surface area contributed by atoms with E-state index in [2.05, 4.69) is 10.3 Å². The third-order valence-corrected chi connectivity index (χ3v) is 4.36. The van der Waals surface area contributed by atoms with Crippen LogP contribution in [0.5, 0.6) is 0 Å². The van der Waals surface area contributed by atoms with Gasteiger partial charge in [-0.2, -0.15) is 0 Å². The normalized spacial score (nSPS) is 10.9. The second-order valence-electron chi connectivity index (χ2n) is 6.24. The number of carbonyl (C=O) groups excluding carboxylic acids is 1. The highest BCUT2D eigenvalue weighted by Crippen LogP contribution is 2.19. The molecule has 27 heavy (non-hydrogen) atoms. The number of ether oxygens (including phenoxy) is 1. The van der Waals surface area contributed by atoms with Crippen LogP contribution in [-0.4, -0.2) is 22.6 Å². The third kappa shape index (κ3) is 3.59. The number of amides is 1. The first-order valence-electron chi connectivity index (χ1n) is 8.66. The van der Waals surface area contributed by atoms with Crippen molar-refractivity contribution in [2.45, 2.75) is 6.61 Å². The van der Waals surface area contributed by atoms with Crippen LogP contribution in [0.2, 0.25) is 0 Å². The largest absolute Gasteiger partial charge is 0.380 e. The van der Waals surface area contributed by atoms with Crippen molar-refractivity contribution in [3.63, 3.8) is 0 Å². The van der Waals surface area contributed by atoms with E-state index in [-0.39, 0.29) is 5.91 Å². The number of carbonyl (C=O) groups is 1. The predicted octanol–water partition coefficient (Wildman–Crippen LogP) is 4.42. The molecule has 0 aliphatic heterocycles. The Labute approximate surface area is 157 Å². The van der Waals surface area contributed by atoms with Crippen molar-refractivity contribution >= 4 is 22.6 Å². The fourth-order valence-electron chi connectivity index (χ4n) is 3.05. The minimum atomic E-state index is -0.147. The summed E-state index contributed by atoms with van der Waals surface area (Å²) in [6, 6.07) is 23.1. The molecular formula is C22H19N3O2. The Hall–Kier alpha value is -3.44. The number of hydrogen-bond donors (Lipinski definition) is 1. The number of imidazole rings is 1. The monoisotopic (exact) mass is 357 g/mol. The van der Waals surface area contributed by atoms with Crippen molar-refractivity contribution in [3.8, 4) is 5.69 Å². The lowest BCUT2D eigenvalue weighted by Gasteiger charge is -2.09. The molecule has 0 fully saturated rings. The van der Waals surface area contributed by atoms with Gasteiger partial charge in [0.2, 0.25) is 0 Å². The number of fused-ring (bicyclic) bond motifs is 1. The summed E-state index contributed by atoms with van der Waals surface area (Å²) >= 11 is 0. The second-order valence-corrected chi connectivity index (χ2v) is 6.24. The average molecular weight is 357 g/mol. The maximum absolute atomic E-state index is 12.5. The number of anilines is 1. The van der Waals surface area contributed by atoms with Crippen LogP contribution < -0.4 is 5.32 Å². The lowest BCUT2D eigenvalue weighted by Crippen LogP contribution is -2.12. The van der Waals surface area contributed by atoms with Gasteiger partial charge < -0.3 is 10.1 Å². The average Bonchev–Trinajstić information content (AvgIpc) is 3.13. The molecule has 0 aliphatic carbocycles. The lowest BCUT2D eigenvalue weighted by molar-refractivity contribution is 0.102. The molecule has 0 unspecified atom stereocenters. The van der Waals surface area contributed by atoms with E-state index in [9.17, 15) is 4.79 Å². The molecule has 0 aliphatic rings. The van der Waals surface area contributed by atoms with Gasteiger partial charge in [0.1, 0.15) is 6.33 Å². The highest BCUT2D eigenvalue weighted by Gasteiger charge is 2.08. The smallest absolute Gasteiger partial charge is 0.255 e. The van der Waals surface area contributed by atoms with Crippen molar-refractivity contribution in [2.75, 3.05) is 12.4 Å². The number of hydrogen-bond acceptors (Lipinski definition) is 3. The van der Waals surface area contributed by atoms with E-state index in [0.29, 0.717) is 12.2 Å². The molecule has 0 bridgehead atoms. The molecule has 0 radical (unpaired) electrons. The Morgan fingerprint density at radius 1 is 1.04 bits per heavy atom. The van der Waals surface area contributed by atoms with E-state index >= 15 is 0 Å². The topological polar surface area (TPSA) is 56.1 Å². The zero-order chi connectivity index (χ0) is 18.6. The number of nitrogens with zero attached hydrogens (tertiary/aromatic N) is 2. The fraction of sp³-hybridized carbons (Fsp3) is 0.0909. The van der Waals surface area contributed by atoms with E-state index in [1.54, 1.807) is 13.4 Å². The molecule has 1 amide bonds. The van der Waals surface area contributed by atoms with Crippen molar-refractivity contribution in [1.29, 1.82) is 0 Å². The highest BCUT2D eigenvalue weighted by molar-refractivity contribution is 6.04. The molecular weight excluding hydrogens is 338 g/mol. The number of methoxy groups -OCH3 is 1. The molecule has 1 aromatic heterocycles. The lowest BCUT2D eigenvalue weighted by atomic mass is 10.1. The van der Waals surface area contributed by atoms with Crippen LogP contribution in [0.4, 0.5) is 5.69 Å². The summed E-state index contributed by atoms with van der Waals surface area (Å²) in [7, 11) is 1.65. The molecule has 3 aromatic carbocycles. The van der Waals surface area contributed by atoms with Crippen LogP contribution in [0.25, 0.3) is 16.7 Å². The molecule has 0 atom stereocenters. The van der Waals surface area contributed by atoms with Crippen molar-refractivity contribution in [2.24, 2.45) is 0 Å². The van der Waals surface area contributed by atoms with Gasteiger partial charge in [-0.15, -0.1) is 0 Å². The third-order valence-electron chi connectivity index (χ3n) is 4.36. The zero-order valence-electron chi connectivity index (χ0n) is 14.9. The molecule has 5 heteroatoms. The Balaban J connectivity index is 1.53. The van der Waals surface area contributed by atoms with Crippen LogP contribution in [0, 0.1) is 0 Å². The van der Waals surface area contributed by atoms with Crippen LogP contribution >= 0.6 is 0 Å². The van der Waals surface area contributed by atoms with Gasteiger partial charge in [0.15, 0.2) is 0 Å². The molecule has 0 saturated heterocycles. The first kappa shape index (κ1) is 17.0. The number of aromatic nitrogens is 2. The number of para-hydroxylation sites is 2. The fourth-order valence-corrected chi connectivity index (χ4v) is 3.05. The van der Waals surface area contributed by atoms with Crippen LogP contribution in [-0.2, 0) is 11.3 Å². The van der Waals surface area contributed by atoms with Gasteiger partial charge in [-0.1, -0.05) is 24.3 Å². The summed E-state index contributed by atoms with van der Waals surface area (Å²) in [6.45, 7) is 0.511. The SMILES string of the molecule is COCc1cccc(NC(=O)c2ccc(-n3cnc4ccccc43)cc2)c1. The Bertz CT molecular complexity index is 1080. The maximum Gasteiger partial charge on any atom is 0.255 e. The summed E-state index contributed by atoms with van der Waals surface area (Å²) in [6.07, 6.45) is 1.79. The Kier molecular flexibility index (Phi) is 4.68. The number of nitrogens with one attached hydrogen (secondary N) is 1. The minimum Gasteiger partial charge on any atom is -0.380 e. The second kappa shape index (κ2) is 7.43. The maximum atomic E-state index is 12.5. The Morgan fingerprint density at radius 3 is 2.67 bits per heavy atom. The van der Waals surface area contributed by atoms with E-state index < -0.39 is 0 Å². The van der Waals surface area contributed by atoms with Gasteiger partial charge in [0, 0.05) is 24.0 Å². The highest BCUT2D eigenvalue weighted by atomic mass is 16.5. The number of benzene rings is 3. The predicted molar refractivity (Wildman–Crippen MR) is 106 cm³/mol. The van der Waals surface area contributed by atoms with Gasteiger partial charge >= 0.3 is 0 Å². The molecule has 5 nitrogen and oxygen atoms in total. The van der Waals surface area contributed by atoms with Gasteiger partial charge in [-0.25, -0.2) is 4.98 Å². The summed E-state index contributed by atoms with van der Waals surface area (Å²) in [5.41, 5.74) is 5.29. The first-order valence-corrected chi connectivity index (χ1v) is 8.66. The molecule has 1 heterocycles. The van der Waals surface area contributed by atoms with Crippen LogP contribution in [0.15, 0.2) is 79.1 Å². The molecule has 1 N–H and O–H groups in total. The number of rotatable bonds is 5. The van der Waals surface area contributed by atoms with Gasteiger partial charge in [-0.3, -0.25) is 9.36 Å². The standard InChI is InChI=1S/C22H19N3O2/c1-27-14-16-5-4-6-18(13-16)24-22(26)17-9-11-19(12-10-17)25-15-23-20-7-2-3-8-21(20)25/h2-13,15H,14H2,1H3,(H,24,26). The van der Waals surface area contributed by atoms with E-state index in [0.717, 1.165) is 28.0 Å².